The first-order valence-corrected chi connectivity index (χ1v) is 8.53. The summed E-state index contributed by atoms with van der Waals surface area (Å²) in [5.74, 6) is -0.307. The van der Waals surface area contributed by atoms with Gasteiger partial charge in [-0.2, -0.15) is 0 Å². The number of aromatic nitrogens is 4. The van der Waals surface area contributed by atoms with Crippen molar-refractivity contribution in [1.82, 2.24) is 24.8 Å². The number of anilines is 1. The highest BCUT2D eigenvalue weighted by Crippen LogP contribution is 2.43. The first kappa shape index (κ1) is 16.6. The van der Waals surface area contributed by atoms with Gasteiger partial charge in [0, 0.05) is 12.6 Å². The molecule has 0 bridgehead atoms. The third-order valence-corrected chi connectivity index (χ3v) is 4.51. The molecule has 2 aliphatic heterocycles. The van der Waals surface area contributed by atoms with Crippen molar-refractivity contribution in [2.45, 2.75) is 64.1 Å². The van der Waals surface area contributed by atoms with Crippen molar-refractivity contribution in [2.24, 2.45) is 0 Å². The minimum atomic E-state index is -0.655. The average Bonchev–Trinajstić information content (AvgIpc) is 3.17. The Morgan fingerprint density at radius 2 is 2.00 bits per heavy atom. The number of nitrogens with two attached hydrogens (primary N) is 1. The average molecular weight is 348 g/mol. The van der Waals surface area contributed by atoms with Crippen LogP contribution in [0.3, 0.4) is 0 Å². The zero-order valence-corrected chi connectivity index (χ0v) is 14.8. The number of rotatable bonds is 4. The molecule has 2 saturated heterocycles. The van der Waals surface area contributed by atoms with E-state index in [1.165, 1.54) is 6.33 Å². The highest BCUT2D eigenvalue weighted by atomic mass is 16.8. The number of nitrogens with zero attached hydrogens (tertiary/aromatic N) is 4. The van der Waals surface area contributed by atoms with Crippen LogP contribution in [0.2, 0.25) is 0 Å². The van der Waals surface area contributed by atoms with E-state index >= 15 is 0 Å². The number of nitrogen functional groups attached to an aromatic ring is 1. The molecule has 2 aromatic rings. The predicted octanol–water partition coefficient (Wildman–Crippen LogP) is 0.824. The van der Waals surface area contributed by atoms with Crippen LogP contribution in [0.1, 0.15) is 33.9 Å². The second-order valence-electron chi connectivity index (χ2n) is 7.28. The molecule has 9 heteroatoms. The van der Waals surface area contributed by atoms with Gasteiger partial charge in [0.1, 0.15) is 30.2 Å². The molecule has 25 heavy (non-hydrogen) atoms. The first-order valence-electron chi connectivity index (χ1n) is 8.53. The SMILES string of the molecule is CC(C)NC[C@H]1O[C@@H](n2cnc3c(N)ncnc32)C2OC(C)(C)O[C@@H]21. The van der Waals surface area contributed by atoms with E-state index in [2.05, 4.69) is 34.1 Å². The van der Waals surface area contributed by atoms with Crippen molar-refractivity contribution < 1.29 is 14.2 Å². The quantitative estimate of drug-likeness (QED) is 0.836. The van der Waals surface area contributed by atoms with Gasteiger partial charge in [-0.1, -0.05) is 13.8 Å². The van der Waals surface area contributed by atoms with Crippen molar-refractivity contribution in [3.8, 4) is 0 Å². The van der Waals surface area contributed by atoms with Gasteiger partial charge in [0.2, 0.25) is 0 Å². The summed E-state index contributed by atoms with van der Waals surface area (Å²) in [5, 5.41) is 3.41. The lowest BCUT2D eigenvalue weighted by Gasteiger charge is -2.25. The van der Waals surface area contributed by atoms with Crippen molar-refractivity contribution in [3.63, 3.8) is 0 Å². The second kappa shape index (κ2) is 5.87. The fourth-order valence-electron chi connectivity index (χ4n) is 3.46. The van der Waals surface area contributed by atoms with Gasteiger partial charge in [-0.05, 0) is 13.8 Å². The Labute approximate surface area is 145 Å². The molecule has 0 radical (unpaired) electrons. The van der Waals surface area contributed by atoms with Crippen molar-refractivity contribution in [1.29, 1.82) is 0 Å². The largest absolute Gasteiger partial charge is 0.382 e. The highest BCUT2D eigenvalue weighted by molar-refractivity contribution is 5.81. The lowest BCUT2D eigenvalue weighted by Crippen LogP contribution is -2.39. The molecule has 9 nitrogen and oxygen atoms in total. The van der Waals surface area contributed by atoms with Crippen LogP contribution in [0.15, 0.2) is 12.7 Å². The summed E-state index contributed by atoms with van der Waals surface area (Å²) in [6, 6.07) is 0.359. The molecule has 4 rings (SSSR count). The number of hydrogen-bond acceptors (Lipinski definition) is 8. The third-order valence-electron chi connectivity index (χ3n) is 4.51. The van der Waals surface area contributed by atoms with Gasteiger partial charge >= 0.3 is 0 Å². The van der Waals surface area contributed by atoms with Crippen molar-refractivity contribution >= 4 is 17.0 Å². The molecular weight excluding hydrogens is 324 g/mol. The molecule has 0 spiro atoms. The summed E-state index contributed by atoms with van der Waals surface area (Å²) in [7, 11) is 0. The normalized spacial score (nSPS) is 31.1. The van der Waals surface area contributed by atoms with Gasteiger partial charge < -0.3 is 25.3 Å². The Kier molecular flexibility index (Phi) is 3.91. The van der Waals surface area contributed by atoms with Crippen LogP contribution < -0.4 is 11.1 Å². The summed E-state index contributed by atoms with van der Waals surface area (Å²) in [4.78, 5) is 12.6. The maximum atomic E-state index is 6.27. The Balaban J connectivity index is 1.67. The van der Waals surface area contributed by atoms with E-state index in [9.17, 15) is 0 Å². The number of nitrogens with one attached hydrogen (secondary N) is 1. The van der Waals surface area contributed by atoms with Crippen molar-refractivity contribution in [3.05, 3.63) is 12.7 Å². The zero-order chi connectivity index (χ0) is 17.8. The lowest BCUT2D eigenvalue weighted by molar-refractivity contribution is -0.195. The van der Waals surface area contributed by atoms with E-state index < -0.39 is 5.79 Å². The summed E-state index contributed by atoms with van der Waals surface area (Å²) >= 11 is 0. The fourth-order valence-corrected chi connectivity index (χ4v) is 3.46. The molecule has 3 N–H and O–H groups in total. The molecule has 0 amide bonds. The summed E-state index contributed by atoms with van der Waals surface area (Å²) in [6.45, 7) is 8.72. The maximum Gasteiger partial charge on any atom is 0.167 e. The van der Waals surface area contributed by atoms with Gasteiger partial charge in [-0.3, -0.25) is 4.57 Å². The van der Waals surface area contributed by atoms with Gasteiger partial charge in [-0.15, -0.1) is 0 Å². The van der Waals surface area contributed by atoms with E-state index in [1.54, 1.807) is 6.33 Å². The molecule has 2 aromatic heterocycles. The van der Waals surface area contributed by atoms with Crippen LogP contribution in [0.5, 0.6) is 0 Å². The molecular formula is C16H24N6O3. The molecule has 1 unspecified atom stereocenters. The Bertz CT molecular complexity index is 776. The monoisotopic (exact) mass is 348 g/mol. The number of ether oxygens (including phenoxy) is 3. The van der Waals surface area contributed by atoms with Gasteiger partial charge in [0.25, 0.3) is 0 Å². The minimum absolute atomic E-state index is 0.129. The van der Waals surface area contributed by atoms with Gasteiger partial charge in [0.15, 0.2) is 23.5 Å². The number of hydrogen-bond donors (Lipinski definition) is 2. The molecule has 0 aliphatic carbocycles. The van der Waals surface area contributed by atoms with Crippen LogP contribution in [-0.4, -0.2) is 56.2 Å². The van der Waals surface area contributed by atoms with E-state index in [0.29, 0.717) is 29.6 Å². The van der Waals surface area contributed by atoms with E-state index in [1.807, 2.05) is 18.4 Å². The predicted molar refractivity (Wildman–Crippen MR) is 90.6 cm³/mol. The summed E-state index contributed by atoms with van der Waals surface area (Å²) < 4.78 is 20.4. The van der Waals surface area contributed by atoms with Crippen LogP contribution in [0.4, 0.5) is 5.82 Å². The molecule has 2 fully saturated rings. The molecule has 4 heterocycles. The van der Waals surface area contributed by atoms with Crippen molar-refractivity contribution in [2.75, 3.05) is 12.3 Å². The number of fused-ring (bicyclic) bond motifs is 2. The van der Waals surface area contributed by atoms with E-state index in [0.717, 1.165) is 0 Å². The number of imidazole rings is 1. The van der Waals surface area contributed by atoms with Crippen LogP contribution >= 0.6 is 0 Å². The van der Waals surface area contributed by atoms with Crippen LogP contribution in [0, 0.1) is 0 Å². The molecule has 136 valence electrons. The fraction of sp³-hybridized carbons (Fsp3) is 0.688. The Hall–Kier alpha value is -1.81. The topological polar surface area (TPSA) is 109 Å². The summed E-state index contributed by atoms with van der Waals surface area (Å²) in [6.07, 6.45) is 2.17. The third kappa shape index (κ3) is 2.86. The Morgan fingerprint density at radius 3 is 2.76 bits per heavy atom. The smallest absolute Gasteiger partial charge is 0.167 e. The van der Waals surface area contributed by atoms with Crippen LogP contribution in [-0.2, 0) is 14.2 Å². The Morgan fingerprint density at radius 1 is 1.24 bits per heavy atom. The molecule has 2 aliphatic rings. The minimum Gasteiger partial charge on any atom is -0.382 e. The summed E-state index contributed by atoms with van der Waals surface area (Å²) in [5.41, 5.74) is 7.08. The standard InChI is InChI=1S/C16H24N6O3/c1-8(2)18-5-9-11-12(25-16(3,4)24-11)15(23-9)22-7-21-10-13(17)19-6-20-14(10)22/h6-9,11-12,15,18H,5H2,1-4H3,(H2,17,19,20)/t9-,11-,12?,15-/m1/s1. The van der Waals surface area contributed by atoms with Crippen LogP contribution in [0.25, 0.3) is 11.2 Å². The van der Waals surface area contributed by atoms with Gasteiger partial charge in [-0.25, -0.2) is 15.0 Å². The first-order chi connectivity index (χ1) is 11.9. The zero-order valence-electron chi connectivity index (χ0n) is 14.8. The van der Waals surface area contributed by atoms with E-state index in [-0.39, 0.29) is 24.5 Å². The molecule has 0 saturated carbocycles. The molecule has 0 aromatic carbocycles. The lowest BCUT2D eigenvalue weighted by atomic mass is 10.1. The maximum absolute atomic E-state index is 6.27. The van der Waals surface area contributed by atoms with E-state index in [4.69, 9.17) is 19.9 Å². The highest BCUT2D eigenvalue weighted by Gasteiger charge is 2.55. The van der Waals surface area contributed by atoms with Gasteiger partial charge in [0.05, 0.1) is 6.33 Å². The molecule has 4 atom stereocenters. The second-order valence-corrected chi connectivity index (χ2v) is 7.28.